The molecule has 1 spiro atoms. The van der Waals surface area contributed by atoms with Crippen molar-refractivity contribution in [3.63, 3.8) is 0 Å². The lowest BCUT2D eigenvalue weighted by Crippen LogP contribution is -2.69. The Bertz CT molecular complexity index is 2670. The molecule has 0 aromatic heterocycles. The van der Waals surface area contributed by atoms with E-state index in [1.807, 2.05) is 33.8 Å². The molecule has 468 valence electrons. The van der Waals surface area contributed by atoms with Gasteiger partial charge in [0.25, 0.3) is 0 Å². The highest BCUT2D eigenvalue weighted by Crippen LogP contribution is 2.47. The molecule has 0 unspecified atom stereocenters. The first-order chi connectivity index (χ1) is 40.4. The van der Waals surface area contributed by atoms with Gasteiger partial charge in [0, 0.05) is 19.5 Å². The molecule has 23 heteroatoms. The average molecular weight is 1190 g/mol. The SMILES string of the molecule is CC(C)C[C@@H]1NC(=O)[C@H](CCCN)NC(=O)[C@H](C(C)C)NC(=O)[C@@H]2CCCN2C(=O)C2(CC(c3ccc(F)cc3)C2)NC(=O)[C@H](CC(C)C)NC(=O)[C@H](CCCN)NC(=O)[C@H](C(C)C)NC(=O)[C@@H]2CCCN2C(=O)[C@H](Cc2ccccc2)NC1=O. The number of nitrogens with two attached hydrogens (primary N) is 2. The van der Waals surface area contributed by atoms with Crippen molar-refractivity contribution in [3.8, 4) is 0 Å². The van der Waals surface area contributed by atoms with Gasteiger partial charge in [0.1, 0.15) is 65.7 Å². The fraction of sp³-hybridized carbons (Fsp3) is 0.645. The molecule has 3 aliphatic heterocycles. The molecule has 1 aliphatic carbocycles. The van der Waals surface area contributed by atoms with Gasteiger partial charge in [-0.2, -0.15) is 0 Å². The van der Waals surface area contributed by atoms with Crippen LogP contribution in [0.1, 0.15) is 149 Å². The topological polar surface area (TPSA) is 325 Å². The van der Waals surface area contributed by atoms with Gasteiger partial charge in [-0.3, -0.25) is 47.9 Å². The first kappa shape index (κ1) is 67.1. The molecule has 9 atom stereocenters. The van der Waals surface area contributed by atoms with E-state index in [1.165, 1.54) is 21.9 Å². The van der Waals surface area contributed by atoms with E-state index in [1.54, 1.807) is 64.1 Å². The highest BCUT2D eigenvalue weighted by molar-refractivity contribution is 6.01. The lowest BCUT2D eigenvalue weighted by Gasteiger charge is -2.49. The van der Waals surface area contributed by atoms with Crippen LogP contribution in [-0.4, -0.2) is 155 Å². The van der Waals surface area contributed by atoms with Crippen LogP contribution in [0.15, 0.2) is 54.6 Å². The van der Waals surface area contributed by atoms with E-state index >= 15 is 4.79 Å². The molecule has 85 heavy (non-hydrogen) atoms. The third-order valence-corrected chi connectivity index (χ3v) is 16.7. The zero-order valence-corrected chi connectivity index (χ0v) is 50.8. The number of carbonyl (C=O) groups is 10. The second kappa shape index (κ2) is 30.9. The lowest BCUT2D eigenvalue weighted by molar-refractivity contribution is -0.151. The van der Waals surface area contributed by atoms with Gasteiger partial charge < -0.3 is 63.8 Å². The molecule has 2 aromatic rings. The average Bonchev–Trinajstić information content (AvgIpc) is 1.75. The van der Waals surface area contributed by atoms with Crippen LogP contribution < -0.4 is 54.0 Å². The molecule has 0 bridgehead atoms. The van der Waals surface area contributed by atoms with Crippen LogP contribution >= 0.6 is 0 Å². The smallest absolute Gasteiger partial charge is 0.249 e. The Balaban J connectivity index is 1.40. The summed E-state index contributed by atoms with van der Waals surface area (Å²) in [6.45, 7) is 14.9. The van der Waals surface area contributed by atoms with E-state index in [4.69, 9.17) is 11.5 Å². The number of benzene rings is 2. The summed E-state index contributed by atoms with van der Waals surface area (Å²) in [7, 11) is 0. The van der Waals surface area contributed by atoms with Crippen LogP contribution in [0.4, 0.5) is 4.39 Å². The highest BCUT2D eigenvalue weighted by Gasteiger charge is 2.56. The molecule has 2 aromatic carbocycles. The van der Waals surface area contributed by atoms with Crippen molar-refractivity contribution in [1.82, 2.24) is 52.3 Å². The number of nitrogens with zero attached hydrogens (tertiary/aromatic N) is 2. The Morgan fingerprint density at radius 2 is 0.953 bits per heavy atom. The fourth-order valence-corrected chi connectivity index (χ4v) is 12.0. The first-order valence-corrected chi connectivity index (χ1v) is 30.6. The number of hydrogen-bond donors (Lipinski definition) is 10. The van der Waals surface area contributed by atoms with Gasteiger partial charge in [-0.15, -0.1) is 0 Å². The van der Waals surface area contributed by atoms with Gasteiger partial charge in [-0.05, 0) is 143 Å². The largest absolute Gasteiger partial charge is 0.343 e. The van der Waals surface area contributed by atoms with Crippen LogP contribution in [0.3, 0.4) is 0 Å². The van der Waals surface area contributed by atoms with Crippen molar-refractivity contribution in [2.75, 3.05) is 26.2 Å². The van der Waals surface area contributed by atoms with Gasteiger partial charge >= 0.3 is 0 Å². The Kier molecular flexibility index (Phi) is 24.4. The van der Waals surface area contributed by atoms with Gasteiger partial charge in [-0.25, -0.2) is 4.39 Å². The number of halogens is 1. The van der Waals surface area contributed by atoms with Gasteiger partial charge in [0.2, 0.25) is 59.1 Å². The van der Waals surface area contributed by atoms with Crippen molar-refractivity contribution in [3.05, 3.63) is 71.5 Å². The third kappa shape index (κ3) is 17.8. The van der Waals surface area contributed by atoms with Crippen LogP contribution in [0, 0.1) is 29.5 Å². The summed E-state index contributed by atoms with van der Waals surface area (Å²) in [5.41, 5.74) is 11.7. The zero-order valence-electron chi connectivity index (χ0n) is 50.8. The van der Waals surface area contributed by atoms with E-state index in [9.17, 15) is 47.5 Å². The minimum Gasteiger partial charge on any atom is -0.343 e. The predicted octanol–water partition coefficient (Wildman–Crippen LogP) is 2.07. The van der Waals surface area contributed by atoms with Gasteiger partial charge in [0.15, 0.2) is 0 Å². The maximum atomic E-state index is 15.3. The summed E-state index contributed by atoms with van der Waals surface area (Å²) in [5, 5.41) is 22.9. The summed E-state index contributed by atoms with van der Waals surface area (Å²) < 4.78 is 14.2. The number of rotatable bonds is 15. The van der Waals surface area contributed by atoms with Gasteiger partial charge in [0.05, 0.1) is 0 Å². The molecule has 4 fully saturated rings. The molecule has 4 aliphatic rings. The summed E-state index contributed by atoms with van der Waals surface area (Å²) in [4.78, 5) is 150. The molecule has 0 radical (unpaired) electrons. The maximum Gasteiger partial charge on any atom is 0.249 e. The van der Waals surface area contributed by atoms with Crippen LogP contribution in [0.5, 0.6) is 0 Å². The zero-order chi connectivity index (χ0) is 62.3. The Morgan fingerprint density at radius 1 is 0.518 bits per heavy atom. The molecular formula is C62H93FN12O10. The van der Waals surface area contributed by atoms with Gasteiger partial charge in [-0.1, -0.05) is 97.9 Å². The monoisotopic (exact) mass is 1180 g/mol. The fourth-order valence-electron chi connectivity index (χ4n) is 12.0. The molecule has 6 rings (SSSR count). The van der Waals surface area contributed by atoms with Crippen LogP contribution in [-0.2, 0) is 54.4 Å². The molecular weight excluding hydrogens is 1090 g/mol. The normalized spacial score (nSPS) is 28.5. The Labute approximate surface area is 499 Å². The van der Waals surface area contributed by atoms with Crippen LogP contribution in [0.2, 0.25) is 0 Å². The van der Waals surface area contributed by atoms with Crippen molar-refractivity contribution < 1.29 is 52.3 Å². The van der Waals surface area contributed by atoms with E-state index < -0.39 is 137 Å². The Hall–Kier alpha value is -7.01. The minimum absolute atomic E-state index is 0.0185. The van der Waals surface area contributed by atoms with E-state index in [0.717, 1.165) is 5.56 Å². The molecule has 22 nitrogen and oxygen atoms in total. The molecule has 3 heterocycles. The number of fused-ring (bicyclic) bond motifs is 2. The second-order valence-electron chi connectivity index (χ2n) is 25.2. The van der Waals surface area contributed by atoms with Crippen LogP contribution in [0.25, 0.3) is 0 Å². The number of amides is 10. The maximum absolute atomic E-state index is 15.3. The second-order valence-corrected chi connectivity index (χ2v) is 25.2. The quantitative estimate of drug-likeness (QED) is 0.123. The number of carbonyl (C=O) groups excluding carboxylic acids is 10. The van der Waals surface area contributed by atoms with Crippen molar-refractivity contribution in [2.45, 2.75) is 205 Å². The van der Waals surface area contributed by atoms with E-state index in [-0.39, 0.29) is 115 Å². The van der Waals surface area contributed by atoms with Crippen molar-refractivity contribution in [2.24, 2.45) is 35.1 Å². The number of nitrogens with one attached hydrogen (secondary N) is 8. The standard InChI is InChI=1S/C62H93FN12O10/c1-35(2)30-45-54(78)70-47(32-39-16-10-9-11-17-39)60(84)74-28-14-20-48(74)56(80)71-50(37(5)6)58(82)67-44(19-13-27-65)53(77)69-46(31-36(3)4)55(79)73-62(33-41(34-62)40-22-24-42(63)25-23-40)61(85)75-29-15-21-49(75)57(81)72-51(38(7)8)59(83)66-43(18-12-26-64)52(76)68-45/h9-11,16-17,22-25,35-38,41,43-51H,12-15,18-21,26-34,64-65H2,1-8H3,(H,66,83)(H,67,82)(H,68,76)(H,69,77)(H,70,78)(H,71,80)(H,72,81)(H,73,79)/t41?,43-,44-,45-,46-,47-,48-,49-,50-,51-,62?/m0/s1. The minimum atomic E-state index is -1.60. The highest BCUT2D eigenvalue weighted by atomic mass is 19.1. The molecule has 1 saturated carbocycles. The number of hydrogen-bond acceptors (Lipinski definition) is 12. The summed E-state index contributed by atoms with van der Waals surface area (Å²) >= 11 is 0. The van der Waals surface area contributed by atoms with Crippen molar-refractivity contribution in [1.29, 1.82) is 0 Å². The lowest BCUT2D eigenvalue weighted by atomic mass is 9.64. The summed E-state index contributed by atoms with van der Waals surface area (Å²) in [6.07, 6.45) is 2.36. The summed E-state index contributed by atoms with van der Waals surface area (Å²) in [5.74, 6) is -8.74. The third-order valence-electron chi connectivity index (χ3n) is 16.7. The van der Waals surface area contributed by atoms with E-state index in [0.29, 0.717) is 18.4 Å². The summed E-state index contributed by atoms with van der Waals surface area (Å²) in [6, 6.07) is 4.11. The van der Waals surface area contributed by atoms with Crippen molar-refractivity contribution >= 4 is 59.1 Å². The molecule has 3 saturated heterocycles. The van der Waals surface area contributed by atoms with E-state index in [2.05, 4.69) is 42.5 Å². The Morgan fingerprint density at radius 3 is 1.42 bits per heavy atom. The molecule has 10 amide bonds. The molecule has 12 N–H and O–H groups in total. The first-order valence-electron chi connectivity index (χ1n) is 30.6. The predicted molar refractivity (Wildman–Crippen MR) is 318 cm³/mol.